The molecule has 2 aromatic carbocycles. The summed E-state index contributed by atoms with van der Waals surface area (Å²) in [5.41, 5.74) is 7.48. The largest absolute Gasteiger partial charge is 0.296 e. The van der Waals surface area contributed by atoms with Crippen LogP contribution in [0.2, 0.25) is 0 Å². The number of hydrogen-bond acceptors (Lipinski definition) is 3. The molecule has 3 heteroatoms. The SMILES string of the molecule is C[C@H](c1ccc2scnc2c1)N1CCc2ccccc2CC1. The van der Waals surface area contributed by atoms with E-state index in [1.165, 1.54) is 21.4 Å². The van der Waals surface area contributed by atoms with Crippen molar-refractivity contribution < 1.29 is 0 Å². The first-order chi connectivity index (χ1) is 10.8. The summed E-state index contributed by atoms with van der Waals surface area (Å²) >= 11 is 1.71. The molecule has 0 unspecified atom stereocenters. The maximum atomic E-state index is 4.46. The van der Waals surface area contributed by atoms with Crippen LogP contribution in [-0.4, -0.2) is 23.0 Å². The summed E-state index contributed by atoms with van der Waals surface area (Å²) in [6, 6.07) is 16.1. The Labute approximate surface area is 135 Å². The smallest absolute Gasteiger partial charge is 0.0815 e. The number of rotatable bonds is 2. The van der Waals surface area contributed by atoms with Gasteiger partial charge >= 0.3 is 0 Å². The fourth-order valence-electron chi connectivity index (χ4n) is 3.42. The molecule has 0 amide bonds. The second-order valence-corrected chi connectivity index (χ2v) is 6.95. The number of benzene rings is 2. The monoisotopic (exact) mass is 308 g/mol. The van der Waals surface area contributed by atoms with Gasteiger partial charge in [0.05, 0.1) is 15.7 Å². The van der Waals surface area contributed by atoms with Gasteiger partial charge in [-0.1, -0.05) is 30.3 Å². The Balaban J connectivity index is 1.56. The Kier molecular flexibility index (Phi) is 3.68. The fraction of sp³-hybridized carbons (Fsp3) is 0.316. The number of thiazole rings is 1. The zero-order valence-electron chi connectivity index (χ0n) is 12.8. The lowest BCUT2D eigenvalue weighted by Crippen LogP contribution is -2.29. The molecular formula is C19H20N2S. The van der Waals surface area contributed by atoms with Gasteiger partial charge in [0.15, 0.2) is 0 Å². The topological polar surface area (TPSA) is 16.1 Å². The third-order valence-corrected chi connectivity index (χ3v) is 5.65. The van der Waals surface area contributed by atoms with Gasteiger partial charge in [-0.3, -0.25) is 4.90 Å². The molecule has 22 heavy (non-hydrogen) atoms. The average molecular weight is 308 g/mol. The zero-order chi connectivity index (χ0) is 14.9. The number of aromatic nitrogens is 1. The van der Waals surface area contributed by atoms with Gasteiger partial charge in [-0.05, 0) is 48.6 Å². The third kappa shape index (κ3) is 2.55. The molecule has 1 atom stereocenters. The Hall–Kier alpha value is -1.71. The van der Waals surface area contributed by atoms with E-state index >= 15 is 0 Å². The molecule has 0 radical (unpaired) electrons. The maximum Gasteiger partial charge on any atom is 0.0815 e. The average Bonchev–Trinajstić information content (AvgIpc) is 2.92. The van der Waals surface area contributed by atoms with E-state index in [1.807, 2.05) is 5.51 Å². The number of nitrogens with zero attached hydrogens (tertiary/aromatic N) is 2. The summed E-state index contributed by atoms with van der Waals surface area (Å²) in [5, 5.41) is 0. The van der Waals surface area contributed by atoms with Gasteiger partial charge in [0.25, 0.3) is 0 Å². The van der Waals surface area contributed by atoms with Gasteiger partial charge in [-0.15, -0.1) is 11.3 Å². The standard InChI is InChI=1S/C19H20N2S/c1-14(17-6-7-19-18(12-17)20-13-22-19)21-10-8-15-4-2-3-5-16(15)9-11-21/h2-7,12-14H,8-11H2,1H3/t14-/m1/s1. The summed E-state index contributed by atoms with van der Waals surface area (Å²) in [6.45, 7) is 4.59. The molecule has 0 aliphatic carbocycles. The minimum atomic E-state index is 0.445. The van der Waals surface area contributed by atoms with Crippen LogP contribution >= 0.6 is 11.3 Å². The summed E-state index contributed by atoms with van der Waals surface area (Å²) in [4.78, 5) is 7.06. The van der Waals surface area contributed by atoms with E-state index < -0.39 is 0 Å². The van der Waals surface area contributed by atoms with Crippen molar-refractivity contribution >= 4 is 21.6 Å². The summed E-state index contributed by atoms with van der Waals surface area (Å²) < 4.78 is 1.28. The first-order valence-electron chi connectivity index (χ1n) is 7.95. The van der Waals surface area contributed by atoms with Crippen LogP contribution in [0.15, 0.2) is 48.0 Å². The molecule has 1 aromatic heterocycles. The highest BCUT2D eigenvalue weighted by Gasteiger charge is 2.19. The normalized spacial score (nSPS) is 17.1. The molecule has 0 bridgehead atoms. The molecule has 2 heterocycles. The highest BCUT2D eigenvalue weighted by Crippen LogP contribution is 2.27. The molecule has 3 aromatic rings. The first kappa shape index (κ1) is 13.9. The predicted octanol–water partition coefficient (Wildman–Crippen LogP) is 4.46. The quantitative estimate of drug-likeness (QED) is 0.695. The lowest BCUT2D eigenvalue weighted by atomic mass is 10.0. The summed E-state index contributed by atoms with van der Waals surface area (Å²) in [6.07, 6.45) is 2.30. The molecule has 1 aliphatic heterocycles. The Morgan fingerprint density at radius 3 is 2.50 bits per heavy atom. The molecule has 0 saturated heterocycles. The van der Waals surface area contributed by atoms with E-state index in [9.17, 15) is 0 Å². The van der Waals surface area contributed by atoms with E-state index in [-0.39, 0.29) is 0 Å². The Bertz CT molecular complexity index is 766. The van der Waals surface area contributed by atoms with Crippen molar-refractivity contribution in [3.63, 3.8) is 0 Å². The van der Waals surface area contributed by atoms with Crippen molar-refractivity contribution in [1.82, 2.24) is 9.88 Å². The van der Waals surface area contributed by atoms with Gasteiger partial charge in [0.2, 0.25) is 0 Å². The maximum absolute atomic E-state index is 4.46. The van der Waals surface area contributed by atoms with E-state index in [4.69, 9.17) is 0 Å². The van der Waals surface area contributed by atoms with E-state index in [2.05, 4.69) is 59.3 Å². The van der Waals surface area contributed by atoms with Crippen LogP contribution in [0.5, 0.6) is 0 Å². The van der Waals surface area contributed by atoms with Crippen molar-refractivity contribution in [1.29, 1.82) is 0 Å². The third-order valence-electron chi connectivity index (χ3n) is 4.84. The lowest BCUT2D eigenvalue weighted by molar-refractivity contribution is 0.221. The van der Waals surface area contributed by atoms with Gasteiger partial charge in [-0.25, -0.2) is 4.98 Å². The second-order valence-electron chi connectivity index (χ2n) is 6.06. The molecular weight excluding hydrogens is 288 g/mol. The van der Waals surface area contributed by atoms with Crippen LogP contribution < -0.4 is 0 Å². The van der Waals surface area contributed by atoms with Gasteiger partial charge in [-0.2, -0.15) is 0 Å². The summed E-state index contributed by atoms with van der Waals surface area (Å²) in [7, 11) is 0. The van der Waals surface area contributed by atoms with Gasteiger partial charge in [0, 0.05) is 19.1 Å². The highest BCUT2D eigenvalue weighted by molar-refractivity contribution is 7.16. The lowest BCUT2D eigenvalue weighted by Gasteiger charge is -2.28. The summed E-state index contributed by atoms with van der Waals surface area (Å²) in [5.74, 6) is 0. The van der Waals surface area contributed by atoms with E-state index in [0.29, 0.717) is 6.04 Å². The van der Waals surface area contributed by atoms with Crippen LogP contribution in [-0.2, 0) is 12.8 Å². The second kappa shape index (κ2) is 5.82. The van der Waals surface area contributed by atoms with Crippen molar-refractivity contribution in [2.45, 2.75) is 25.8 Å². The molecule has 1 aliphatic rings. The number of hydrogen-bond donors (Lipinski definition) is 0. The van der Waals surface area contributed by atoms with Crippen LogP contribution in [0.4, 0.5) is 0 Å². The Morgan fingerprint density at radius 2 is 1.77 bits per heavy atom. The van der Waals surface area contributed by atoms with Crippen molar-refractivity contribution in [3.05, 3.63) is 64.7 Å². The molecule has 0 N–H and O–H groups in total. The highest BCUT2D eigenvalue weighted by atomic mass is 32.1. The minimum absolute atomic E-state index is 0.445. The van der Waals surface area contributed by atoms with Crippen LogP contribution in [0.3, 0.4) is 0 Å². The van der Waals surface area contributed by atoms with Crippen LogP contribution in [0.25, 0.3) is 10.2 Å². The predicted molar refractivity (Wildman–Crippen MR) is 93.5 cm³/mol. The molecule has 0 fully saturated rings. The minimum Gasteiger partial charge on any atom is -0.296 e. The fourth-order valence-corrected chi connectivity index (χ4v) is 4.08. The van der Waals surface area contributed by atoms with Crippen LogP contribution in [0.1, 0.15) is 29.7 Å². The first-order valence-corrected chi connectivity index (χ1v) is 8.83. The molecule has 0 saturated carbocycles. The number of fused-ring (bicyclic) bond motifs is 2. The van der Waals surface area contributed by atoms with Crippen molar-refractivity contribution in [2.75, 3.05) is 13.1 Å². The van der Waals surface area contributed by atoms with E-state index in [0.717, 1.165) is 31.4 Å². The van der Waals surface area contributed by atoms with Crippen LogP contribution in [0, 0.1) is 0 Å². The molecule has 112 valence electrons. The van der Waals surface area contributed by atoms with Crippen molar-refractivity contribution in [2.24, 2.45) is 0 Å². The van der Waals surface area contributed by atoms with Gasteiger partial charge in [0.1, 0.15) is 0 Å². The molecule has 2 nitrogen and oxygen atoms in total. The Morgan fingerprint density at radius 1 is 1.05 bits per heavy atom. The van der Waals surface area contributed by atoms with E-state index in [1.54, 1.807) is 11.3 Å². The zero-order valence-corrected chi connectivity index (χ0v) is 13.6. The van der Waals surface area contributed by atoms with Crippen molar-refractivity contribution in [3.8, 4) is 0 Å². The molecule has 0 spiro atoms. The van der Waals surface area contributed by atoms with Gasteiger partial charge < -0.3 is 0 Å². The molecule has 4 rings (SSSR count).